The second kappa shape index (κ2) is 6.89. The molecule has 4 nitrogen and oxygen atoms in total. The van der Waals surface area contributed by atoms with Crippen molar-refractivity contribution in [1.29, 1.82) is 0 Å². The van der Waals surface area contributed by atoms with E-state index in [4.69, 9.17) is 9.47 Å². The van der Waals surface area contributed by atoms with Crippen molar-refractivity contribution in [3.63, 3.8) is 0 Å². The molecule has 1 aromatic carbocycles. The summed E-state index contributed by atoms with van der Waals surface area (Å²) in [6.07, 6.45) is 0.577. The Morgan fingerprint density at radius 3 is 2.74 bits per heavy atom. The number of likely N-dealkylation sites (N-methyl/N-ethyl adjacent to an activating group) is 1. The number of aliphatic hydroxyl groups excluding tert-OH is 1. The van der Waals surface area contributed by atoms with E-state index < -0.39 is 6.10 Å². The molecule has 1 aliphatic heterocycles. The van der Waals surface area contributed by atoms with Gasteiger partial charge in [-0.2, -0.15) is 0 Å². The lowest BCUT2D eigenvalue weighted by Crippen LogP contribution is -2.35. The summed E-state index contributed by atoms with van der Waals surface area (Å²) in [7, 11) is 2.04. The molecule has 2 unspecified atom stereocenters. The molecular formula is C15H23NO3. The van der Waals surface area contributed by atoms with Gasteiger partial charge in [0, 0.05) is 19.2 Å². The molecule has 2 rings (SSSR count). The van der Waals surface area contributed by atoms with Crippen molar-refractivity contribution in [1.82, 2.24) is 4.90 Å². The van der Waals surface area contributed by atoms with Crippen molar-refractivity contribution in [3.05, 3.63) is 29.8 Å². The molecule has 1 aromatic rings. The third-order valence-corrected chi connectivity index (χ3v) is 3.57. The van der Waals surface area contributed by atoms with Gasteiger partial charge in [0.05, 0.1) is 19.3 Å². The molecule has 0 aromatic heterocycles. The van der Waals surface area contributed by atoms with Crippen molar-refractivity contribution in [2.45, 2.75) is 25.5 Å². The van der Waals surface area contributed by atoms with Crippen LogP contribution in [0, 0.1) is 0 Å². The Labute approximate surface area is 114 Å². The molecule has 0 amide bonds. The molecule has 0 aliphatic carbocycles. The van der Waals surface area contributed by atoms with Crippen LogP contribution in [0.15, 0.2) is 24.3 Å². The van der Waals surface area contributed by atoms with E-state index in [0.29, 0.717) is 19.2 Å². The molecule has 0 saturated carbocycles. The fraction of sp³-hybridized carbons (Fsp3) is 0.600. The van der Waals surface area contributed by atoms with E-state index in [2.05, 4.69) is 4.90 Å². The van der Waals surface area contributed by atoms with E-state index in [1.807, 2.05) is 38.2 Å². The van der Waals surface area contributed by atoms with Crippen molar-refractivity contribution < 1.29 is 14.6 Å². The maximum Gasteiger partial charge on any atom is 0.119 e. The lowest BCUT2D eigenvalue weighted by Gasteiger charge is -2.25. The number of ether oxygens (including phenoxy) is 2. The molecular weight excluding hydrogens is 242 g/mol. The fourth-order valence-corrected chi connectivity index (χ4v) is 2.35. The lowest BCUT2D eigenvalue weighted by atomic mass is 10.1. The van der Waals surface area contributed by atoms with Crippen LogP contribution in [-0.2, 0) is 4.74 Å². The minimum absolute atomic E-state index is 0.428. The first-order chi connectivity index (χ1) is 9.20. The van der Waals surface area contributed by atoms with Gasteiger partial charge in [0.15, 0.2) is 0 Å². The van der Waals surface area contributed by atoms with Gasteiger partial charge in [0.25, 0.3) is 0 Å². The van der Waals surface area contributed by atoms with Gasteiger partial charge in [0.2, 0.25) is 0 Å². The monoisotopic (exact) mass is 265 g/mol. The maximum atomic E-state index is 10.2. The predicted molar refractivity (Wildman–Crippen MR) is 74.4 cm³/mol. The van der Waals surface area contributed by atoms with Crippen LogP contribution < -0.4 is 4.74 Å². The minimum Gasteiger partial charge on any atom is -0.494 e. The molecule has 106 valence electrons. The quantitative estimate of drug-likeness (QED) is 0.852. The first-order valence-electron chi connectivity index (χ1n) is 6.89. The zero-order valence-electron chi connectivity index (χ0n) is 11.7. The molecule has 1 heterocycles. The Hall–Kier alpha value is -1.10. The normalized spacial score (nSPS) is 20.7. The zero-order chi connectivity index (χ0) is 13.7. The smallest absolute Gasteiger partial charge is 0.119 e. The van der Waals surface area contributed by atoms with Gasteiger partial charge >= 0.3 is 0 Å². The van der Waals surface area contributed by atoms with Crippen molar-refractivity contribution >= 4 is 0 Å². The minimum atomic E-state index is -0.471. The molecule has 19 heavy (non-hydrogen) atoms. The van der Waals surface area contributed by atoms with Crippen LogP contribution in [0.4, 0.5) is 0 Å². The summed E-state index contributed by atoms with van der Waals surface area (Å²) >= 11 is 0. The summed E-state index contributed by atoms with van der Waals surface area (Å²) in [5.74, 6) is 0.844. The van der Waals surface area contributed by atoms with Crippen LogP contribution in [0.1, 0.15) is 25.0 Å². The highest BCUT2D eigenvalue weighted by Crippen LogP contribution is 2.20. The highest BCUT2D eigenvalue weighted by molar-refractivity contribution is 5.28. The average Bonchev–Trinajstić information content (AvgIpc) is 2.94. The number of aliphatic hydroxyl groups is 1. The second-order valence-electron chi connectivity index (χ2n) is 4.97. The van der Waals surface area contributed by atoms with Crippen LogP contribution in [0.5, 0.6) is 5.75 Å². The summed E-state index contributed by atoms with van der Waals surface area (Å²) in [4.78, 5) is 2.17. The lowest BCUT2D eigenvalue weighted by molar-refractivity contribution is 0.0950. The highest BCUT2D eigenvalue weighted by Gasteiger charge is 2.22. The van der Waals surface area contributed by atoms with Crippen LogP contribution in [0.2, 0.25) is 0 Å². The van der Waals surface area contributed by atoms with Crippen LogP contribution in [0.25, 0.3) is 0 Å². The third kappa shape index (κ3) is 3.93. The SMILES string of the molecule is CCOc1ccc(C(O)CN(C)C2CCOC2)cc1. The Balaban J connectivity index is 1.89. The van der Waals surface area contributed by atoms with Crippen molar-refractivity contribution in [2.24, 2.45) is 0 Å². The van der Waals surface area contributed by atoms with Gasteiger partial charge in [0.1, 0.15) is 5.75 Å². The predicted octanol–water partition coefficient (Wildman–Crippen LogP) is 1.84. The molecule has 1 saturated heterocycles. The highest BCUT2D eigenvalue weighted by atomic mass is 16.5. The van der Waals surface area contributed by atoms with Gasteiger partial charge in [-0.05, 0) is 38.1 Å². The van der Waals surface area contributed by atoms with E-state index in [-0.39, 0.29) is 0 Å². The summed E-state index contributed by atoms with van der Waals surface area (Å²) in [5, 5.41) is 10.2. The van der Waals surface area contributed by atoms with Crippen molar-refractivity contribution in [3.8, 4) is 5.75 Å². The van der Waals surface area contributed by atoms with E-state index in [1.165, 1.54) is 0 Å². The van der Waals surface area contributed by atoms with E-state index in [1.54, 1.807) is 0 Å². The largest absolute Gasteiger partial charge is 0.494 e. The molecule has 1 N–H and O–H groups in total. The van der Waals surface area contributed by atoms with Gasteiger partial charge in [-0.25, -0.2) is 0 Å². The van der Waals surface area contributed by atoms with Crippen LogP contribution >= 0.6 is 0 Å². The third-order valence-electron chi connectivity index (χ3n) is 3.57. The van der Waals surface area contributed by atoms with Crippen LogP contribution in [0.3, 0.4) is 0 Å². The Bertz CT molecular complexity index is 373. The Kier molecular flexibility index (Phi) is 5.19. The fourth-order valence-electron chi connectivity index (χ4n) is 2.35. The number of nitrogens with zero attached hydrogens (tertiary/aromatic N) is 1. The molecule has 4 heteroatoms. The molecule has 0 radical (unpaired) electrons. The van der Waals surface area contributed by atoms with Crippen LogP contribution in [-0.4, -0.2) is 49.5 Å². The van der Waals surface area contributed by atoms with Gasteiger partial charge in [-0.15, -0.1) is 0 Å². The molecule has 0 bridgehead atoms. The van der Waals surface area contributed by atoms with Gasteiger partial charge in [-0.3, -0.25) is 4.90 Å². The number of hydrogen-bond donors (Lipinski definition) is 1. The van der Waals surface area contributed by atoms with E-state index in [0.717, 1.165) is 30.9 Å². The molecule has 2 atom stereocenters. The number of rotatable bonds is 6. The Morgan fingerprint density at radius 2 is 2.16 bits per heavy atom. The van der Waals surface area contributed by atoms with Crippen molar-refractivity contribution in [2.75, 3.05) is 33.4 Å². The Morgan fingerprint density at radius 1 is 1.42 bits per heavy atom. The standard InChI is InChI=1S/C15H23NO3/c1-3-19-14-6-4-12(5-7-14)15(17)10-16(2)13-8-9-18-11-13/h4-7,13,15,17H,3,8-11H2,1-2H3. The number of hydrogen-bond acceptors (Lipinski definition) is 4. The molecule has 0 spiro atoms. The van der Waals surface area contributed by atoms with Gasteiger partial charge < -0.3 is 14.6 Å². The summed E-state index contributed by atoms with van der Waals surface area (Å²) in [5.41, 5.74) is 0.925. The average molecular weight is 265 g/mol. The summed E-state index contributed by atoms with van der Waals surface area (Å²) in [6.45, 7) is 4.84. The first kappa shape index (κ1) is 14.3. The van der Waals surface area contributed by atoms with Gasteiger partial charge in [-0.1, -0.05) is 12.1 Å². The van der Waals surface area contributed by atoms with E-state index >= 15 is 0 Å². The zero-order valence-corrected chi connectivity index (χ0v) is 11.7. The molecule has 1 fully saturated rings. The van der Waals surface area contributed by atoms with E-state index in [9.17, 15) is 5.11 Å². The summed E-state index contributed by atoms with van der Waals surface area (Å²) in [6, 6.07) is 8.09. The second-order valence-corrected chi connectivity index (χ2v) is 4.97. The molecule has 1 aliphatic rings. The topological polar surface area (TPSA) is 41.9 Å². The number of benzene rings is 1. The first-order valence-corrected chi connectivity index (χ1v) is 6.89. The maximum absolute atomic E-state index is 10.2. The summed E-state index contributed by atoms with van der Waals surface area (Å²) < 4.78 is 10.8.